The molecule has 0 aliphatic heterocycles. The Bertz CT molecular complexity index is 114. The van der Waals surface area contributed by atoms with Crippen LogP contribution in [0.25, 0.3) is 0 Å². The van der Waals surface area contributed by atoms with Crippen LogP contribution in [0.4, 0.5) is 4.79 Å². The molecule has 0 unspecified atom stereocenters. The van der Waals surface area contributed by atoms with E-state index in [1.165, 1.54) is 6.92 Å². The van der Waals surface area contributed by atoms with Gasteiger partial charge in [-0.25, -0.2) is 0 Å². The van der Waals surface area contributed by atoms with Crippen LogP contribution in [0, 0.1) is 0 Å². The molecule has 0 heterocycles. The average molecular weight is 134 g/mol. The lowest BCUT2D eigenvalue weighted by Crippen LogP contribution is -2.24. The highest BCUT2D eigenvalue weighted by Crippen LogP contribution is 1.84. The van der Waals surface area contributed by atoms with E-state index in [1.54, 1.807) is 0 Å². The monoisotopic (exact) mass is 134 g/mol. The van der Waals surface area contributed by atoms with Gasteiger partial charge >= 0.3 is 0 Å². The first kappa shape index (κ1) is 7.45. The van der Waals surface area contributed by atoms with Gasteiger partial charge in [-0.2, -0.15) is 0 Å². The fourth-order valence-electron chi connectivity index (χ4n) is 0.173. The van der Waals surface area contributed by atoms with Crippen LogP contribution in [0.15, 0.2) is 0 Å². The Morgan fingerprint density at radius 2 is 2.12 bits per heavy atom. The van der Waals surface area contributed by atoms with Gasteiger partial charge in [-0.3, -0.25) is 20.0 Å². The average Bonchev–Trinajstić information content (AvgIpc) is 1.65. The maximum atomic E-state index is 10.1. The predicted molar refractivity (Wildman–Crippen MR) is 31.0 cm³/mol. The van der Waals surface area contributed by atoms with Crippen molar-refractivity contribution in [3.05, 3.63) is 0 Å². The smallest absolute Gasteiger partial charge is 0.286 e. The Hall–Kier alpha value is -0.550. The normalized spacial score (nSPS) is 8.25. The quantitative estimate of drug-likeness (QED) is 0.452. The summed E-state index contributed by atoms with van der Waals surface area (Å²) in [5.41, 5.74) is 0. The van der Waals surface area contributed by atoms with Crippen molar-refractivity contribution in [2.45, 2.75) is 6.92 Å². The van der Waals surface area contributed by atoms with Crippen molar-refractivity contribution in [1.29, 1.82) is 0 Å². The second-order valence-electron chi connectivity index (χ2n) is 1.09. The summed E-state index contributed by atoms with van der Waals surface area (Å²) in [6.45, 7) is 1.24. The highest BCUT2D eigenvalue weighted by atomic mass is 32.2. The minimum atomic E-state index is -0.530. The van der Waals surface area contributed by atoms with E-state index in [9.17, 15) is 9.59 Å². The molecule has 8 heavy (non-hydrogen) atoms. The second-order valence-corrected chi connectivity index (χ2v) is 1.69. The van der Waals surface area contributed by atoms with Crippen LogP contribution in [-0.4, -0.2) is 11.1 Å². The van der Waals surface area contributed by atoms with Crippen LogP contribution in [0.1, 0.15) is 6.92 Å². The van der Waals surface area contributed by atoms with Crippen molar-refractivity contribution in [2.24, 2.45) is 5.14 Å². The lowest BCUT2D eigenvalue weighted by Gasteiger charge is -1.91. The molecule has 4 nitrogen and oxygen atoms in total. The summed E-state index contributed by atoms with van der Waals surface area (Å²) in [6, 6.07) is 0. The second kappa shape index (κ2) is 3.45. The molecule has 0 rings (SSSR count). The molecule has 0 bridgehead atoms. The van der Waals surface area contributed by atoms with Crippen molar-refractivity contribution < 1.29 is 9.59 Å². The molecule has 0 aromatic rings. The van der Waals surface area contributed by atoms with Crippen molar-refractivity contribution >= 4 is 23.1 Å². The summed E-state index contributed by atoms with van der Waals surface area (Å²) < 4.78 is 0. The number of carbonyl (C=O) groups excluding carboxylic acids is 2. The SMILES string of the molecule is CC(=O)NC(=O)SN. The van der Waals surface area contributed by atoms with Gasteiger partial charge < -0.3 is 0 Å². The molecule has 0 aromatic carbocycles. The third kappa shape index (κ3) is 3.63. The molecule has 0 saturated carbocycles. The van der Waals surface area contributed by atoms with Gasteiger partial charge in [-0.15, -0.1) is 0 Å². The lowest BCUT2D eigenvalue weighted by atomic mass is 10.7. The number of carbonyl (C=O) groups is 2. The van der Waals surface area contributed by atoms with E-state index in [-0.39, 0.29) is 0 Å². The summed E-state index contributed by atoms with van der Waals surface area (Å²) in [7, 11) is 0. The molecule has 0 atom stereocenters. The Labute approximate surface area is 50.9 Å². The predicted octanol–water partition coefficient (Wildman–Crippen LogP) is -0.151. The number of amides is 2. The van der Waals surface area contributed by atoms with Gasteiger partial charge in [0.1, 0.15) is 0 Å². The van der Waals surface area contributed by atoms with Gasteiger partial charge in [-0.05, 0) is 0 Å². The third-order valence-corrected chi connectivity index (χ3v) is 0.701. The number of rotatable bonds is 0. The van der Waals surface area contributed by atoms with Gasteiger partial charge in [0, 0.05) is 18.9 Å². The van der Waals surface area contributed by atoms with E-state index in [2.05, 4.69) is 0 Å². The van der Waals surface area contributed by atoms with Crippen LogP contribution in [0.2, 0.25) is 0 Å². The highest BCUT2D eigenvalue weighted by molar-refractivity contribution is 8.11. The molecule has 0 saturated heterocycles. The first-order valence-electron chi connectivity index (χ1n) is 1.85. The molecule has 0 aliphatic rings. The summed E-state index contributed by atoms with van der Waals surface area (Å²) in [4.78, 5) is 20.1. The molecule has 0 aromatic heterocycles. The van der Waals surface area contributed by atoms with E-state index in [1.807, 2.05) is 5.32 Å². The zero-order valence-electron chi connectivity index (χ0n) is 4.30. The van der Waals surface area contributed by atoms with Gasteiger partial charge in [0.15, 0.2) is 0 Å². The molecular weight excluding hydrogens is 128 g/mol. The number of hydrogen-bond acceptors (Lipinski definition) is 4. The highest BCUT2D eigenvalue weighted by Gasteiger charge is 1.98. The number of nitrogens with two attached hydrogens (primary N) is 1. The lowest BCUT2D eigenvalue weighted by molar-refractivity contribution is -0.117. The summed E-state index contributed by atoms with van der Waals surface area (Å²) >= 11 is 0.482. The molecule has 0 radical (unpaired) electrons. The van der Waals surface area contributed by atoms with Crippen molar-refractivity contribution in [3.8, 4) is 0 Å². The molecule has 2 amide bonds. The van der Waals surface area contributed by atoms with Crippen LogP contribution < -0.4 is 10.5 Å². The van der Waals surface area contributed by atoms with E-state index in [4.69, 9.17) is 5.14 Å². The van der Waals surface area contributed by atoms with Gasteiger partial charge in [-0.1, -0.05) is 0 Å². The maximum Gasteiger partial charge on any atom is 0.300 e. The molecule has 0 fully saturated rings. The standard InChI is InChI=1S/C3H6N2O2S/c1-2(6)5-3(7)8-4/h4H2,1H3,(H,5,6,7). The molecule has 46 valence electrons. The number of nitrogens with one attached hydrogen (secondary N) is 1. The topological polar surface area (TPSA) is 72.2 Å². The molecule has 3 N–H and O–H groups in total. The van der Waals surface area contributed by atoms with E-state index in [0.29, 0.717) is 11.9 Å². The van der Waals surface area contributed by atoms with Crippen LogP contribution >= 0.6 is 11.9 Å². The Morgan fingerprint density at radius 1 is 1.62 bits per heavy atom. The Morgan fingerprint density at radius 3 is 2.25 bits per heavy atom. The molecule has 0 spiro atoms. The van der Waals surface area contributed by atoms with Crippen LogP contribution in [-0.2, 0) is 4.79 Å². The summed E-state index contributed by atoms with van der Waals surface area (Å²) in [6.07, 6.45) is 0. The Balaban J connectivity index is 3.40. The number of imide groups is 1. The molecule has 5 heteroatoms. The summed E-state index contributed by atoms with van der Waals surface area (Å²) in [5, 5.41) is 6.20. The minimum absolute atomic E-state index is 0.395. The van der Waals surface area contributed by atoms with Crippen molar-refractivity contribution in [2.75, 3.05) is 0 Å². The largest absolute Gasteiger partial charge is 0.300 e. The number of hydrogen-bond donors (Lipinski definition) is 2. The zero-order valence-corrected chi connectivity index (χ0v) is 5.12. The van der Waals surface area contributed by atoms with Crippen molar-refractivity contribution in [3.63, 3.8) is 0 Å². The Kier molecular flexibility index (Phi) is 3.21. The maximum absolute atomic E-state index is 10.1. The molecular formula is C3H6N2O2S. The fraction of sp³-hybridized carbons (Fsp3) is 0.333. The first-order chi connectivity index (χ1) is 3.66. The first-order valence-corrected chi connectivity index (χ1v) is 2.73. The summed E-state index contributed by atoms with van der Waals surface area (Å²) in [5.74, 6) is -0.395. The van der Waals surface area contributed by atoms with Crippen LogP contribution in [0.5, 0.6) is 0 Å². The van der Waals surface area contributed by atoms with E-state index < -0.39 is 11.1 Å². The van der Waals surface area contributed by atoms with Crippen LogP contribution in [0.3, 0.4) is 0 Å². The van der Waals surface area contributed by atoms with Gasteiger partial charge in [0.2, 0.25) is 5.91 Å². The van der Waals surface area contributed by atoms with Gasteiger partial charge in [0.05, 0.1) is 0 Å². The molecule has 0 aliphatic carbocycles. The van der Waals surface area contributed by atoms with E-state index >= 15 is 0 Å². The third-order valence-electron chi connectivity index (χ3n) is 0.385. The van der Waals surface area contributed by atoms with Crippen molar-refractivity contribution in [1.82, 2.24) is 5.32 Å². The minimum Gasteiger partial charge on any atom is -0.286 e. The van der Waals surface area contributed by atoms with Gasteiger partial charge in [0.25, 0.3) is 5.24 Å². The zero-order chi connectivity index (χ0) is 6.57. The van der Waals surface area contributed by atoms with E-state index in [0.717, 1.165) is 0 Å². The fourth-order valence-corrected chi connectivity index (χ4v) is 0.376.